The Balaban J connectivity index is 2.63. The van der Waals surface area contributed by atoms with Gasteiger partial charge in [0.2, 0.25) is 5.95 Å². The van der Waals surface area contributed by atoms with Crippen LogP contribution in [0.4, 0.5) is 5.95 Å². The minimum absolute atomic E-state index is 0.0515. The molecule has 2 heterocycles. The van der Waals surface area contributed by atoms with Crippen molar-refractivity contribution in [3.63, 3.8) is 0 Å². The summed E-state index contributed by atoms with van der Waals surface area (Å²) < 4.78 is 5.08. The van der Waals surface area contributed by atoms with Crippen molar-refractivity contribution in [1.82, 2.24) is 15.0 Å². The van der Waals surface area contributed by atoms with Crippen LogP contribution in [0.25, 0.3) is 11.4 Å². The normalized spacial score (nSPS) is 10.4. The molecule has 0 aliphatic rings. The Morgan fingerprint density at radius 2 is 2.29 bits per heavy atom. The molecule has 0 aromatic carbocycles. The zero-order chi connectivity index (χ0) is 10.1. The lowest BCUT2D eigenvalue weighted by Crippen LogP contribution is -2.15. The highest BCUT2D eigenvalue weighted by Gasteiger charge is 2.08. The Hall–Kier alpha value is -2.11. The van der Waals surface area contributed by atoms with Crippen LogP contribution in [0.1, 0.15) is 5.76 Å². The molecule has 14 heavy (non-hydrogen) atoms. The van der Waals surface area contributed by atoms with Crippen molar-refractivity contribution in [2.24, 2.45) is 0 Å². The van der Waals surface area contributed by atoms with Crippen molar-refractivity contribution in [2.45, 2.75) is 6.92 Å². The van der Waals surface area contributed by atoms with Crippen LogP contribution in [0.3, 0.4) is 0 Å². The van der Waals surface area contributed by atoms with Gasteiger partial charge in [0.15, 0.2) is 0 Å². The van der Waals surface area contributed by atoms with E-state index in [0.717, 1.165) is 0 Å². The van der Waals surface area contributed by atoms with Crippen LogP contribution >= 0.6 is 0 Å². The standard InChI is InChI=1S/C8H8N4O2/c1-4-5(2-3-14-4)6-10-7(9)12-8(13)11-6/h2-3H,1H3,(H3,9,10,11,12,13). The highest BCUT2D eigenvalue weighted by Crippen LogP contribution is 2.19. The highest BCUT2D eigenvalue weighted by atomic mass is 16.3. The molecule has 3 N–H and O–H groups in total. The van der Waals surface area contributed by atoms with E-state index in [9.17, 15) is 4.79 Å². The van der Waals surface area contributed by atoms with Gasteiger partial charge in [0.25, 0.3) is 0 Å². The Bertz CT molecular complexity index is 514. The smallest absolute Gasteiger partial charge is 0.349 e. The van der Waals surface area contributed by atoms with E-state index < -0.39 is 5.69 Å². The average Bonchev–Trinajstić information content (AvgIpc) is 2.49. The summed E-state index contributed by atoms with van der Waals surface area (Å²) in [6.45, 7) is 1.77. The first-order valence-corrected chi connectivity index (χ1v) is 3.95. The van der Waals surface area contributed by atoms with Gasteiger partial charge < -0.3 is 10.2 Å². The van der Waals surface area contributed by atoms with Crippen molar-refractivity contribution in [3.8, 4) is 11.4 Å². The third-order valence-electron chi connectivity index (χ3n) is 1.78. The maximum atomic E-state index is 11.0. The number of nitrogens with one attached hydrogen (secondary N) is 1. The zero-order valence-electron chi connectivity index (χ0n) is 7.44. The van der Waals surface area contributed by atoms with Gasteiger partial charge in [0.1, 0.15) is 11.6 Å². The van der Waals surface area contributed by atoms with Crippen LogP contribution in [0.5, 0.6) is 0 Å². The average molecular weight is 192 g/mol. The number of anilines is 1. The Morgan fingerprint density at radius 3 is 2.86 bits per heavy atom. The number of aryl methyl sites for hydroxylation is 1. The number of rotatable bonds is 1. The Labute approximate surface area is 78.8 Å². The molecule has 72 valence electrons. The predicted octanol–water partition coefficient (Wildman–Crippen LogP) is 0.316. The number of nitrogens with two attached hydrogens (primary N) is 1. The maximum absolute atomic E-state index is 11.0. The topological polar surface area (TPSA) is 97.8 Å². The minimum atomic E-state index is -0.520. The van der Waals surface area contributed by atoms with Crippen molar-refractivity contribution >= 4 is 5.95 Å². The number of H-pyrrole nitrogens is 1. The van der Waals surface area contributed by atoms with Crippen LogP contribution in [-0.2, 0) is 0 Å². The lowest BCUT2D eigenvalue weighted by atomic mass is 10.2. The summed E-state index contributed by atoms with van der Waals surface area (Å²) >= 11 is 0. The molecule has 0 bridgehead atoms. The van der Waals surface area contributed by atoms with Gasteiger partial charge in [0.05, 0.1) is 11.8 Å². The Kier molecular flexibility index (Phi) is 1.81. The molecule has 0 radical (unpaired) electrons. The van der Waals surface area contributed by atoms with Crippen molar-refractivity contribution in [3.05, 3.63) is 28.6 Å². The van der Waals surface area contributed by atoms with Crippen molar-refractivity contribution < 1.29 is 4.42 Å². The second kappa shape index (κ2) is 2.99. The van der Waals surface area contributed by atoms with E-state index in [1.807, 2.05) is 0 Å². The SMILES string of the molecule is Cc1occc1-c1nc(N)nc(=O)[nH]1. The maximum Gasteiger partial charge on any atom is 0.349 e. The molecule has 6 heteroatoms. The van der Waals surface area contributed by atoms with E-state index in [-0.39, 0.29) is 5.95 Å². The van der Waals surface area contributed by atoms with Gasteiger partial charge in [-0.25, -0.2) is 4.79 Å². The van der Waals surface area contributed by atoms with Crippen LogP contribution < -0.4 is 11.4 Å². The number of nitrogen functional groups attached to an aromatic ring is 1. The first kappa shape index (κ1) is 8.49. The molecule has 0 saturated heterocycles. The minimum Gasteiger partial charge on any atom is -0.469 e. The molecular weight excluding hydrogens is 184 g/mol. The van der Waals surface area contributed by atoms with E-state index in [1.165, 1.54) is 6.26 Å². The summed E-state index contributed by atoms with van der Waals surface area (Å²) in [5, 5.41) is 0. The van der Waals surface area contributed by atoms with E-state index >= 15 is 0 Å². The summed E-state index contributed by atoms with van der Waals surface area (Å²) in [6, 6.07) is 1.70. The number of hydrogen-bond acceptors (Lipinski definition) is 5. The zero-order valence-corrected chi connectivity index (χ0v) is 7.44. The van der Waals surface area contributed by atoms with E-state index in [4.69, 9.17) is 10.2 Å². The van der Waals surface area contributed by atoms with Crippen molar-refractivity contribution in [2.75, 3.05) is 5.73 Å². The first-order valence-electron chi connectivity index (χ1n) is 3.95. The second-order valence-electron chi connectivity index (χ2n) is 2.75. The molecule has 2 aromatic rings. The lowest BCUT2D eigenvalue weighted by Gasteiger charge is -1.97. The summed E-state index contributed by atoms with van der Waals surface area (Å²) in [5.74, 6) is 0.983. The fourth-order valence-electron chi connectivity index (χ4n) is 1.16. The molecule has 0 aliphatic heterocycles. The highest BCUT2D eigenvalue weighted by molar-refractivity contribution is 5.57. The summed E-state index contributed by atoms with van der Waals surface area (Å²) in [6.07, 6.45) is 1.52. The molecule has 0 atom stereocenters. The number of aromatic amines is 1. The third kappa shape index (κ3) is 1.37. The summed E-state index contributed by atoms with van der Waals surface area (Å²) in [7, 11) is 0. The van der Waals surface area contributed by atoms with Crippen LogP contribution in [0.2, 0.25) is 0 Å². The predicted molar refractivity (Wildman–Crippen MR) is 49.5 cm³/mol. The molecule has 0 saturated carbocycles. The van der Waals surface area contributed by atoms with Gasteiger partial charge >= 0.3 is 5.69 Å². The quantitative estimate of drug-likeness (QED) is 0.677. The van der Waals surface area contributed by atoms with E-state index in [2.05, 4.69) is 15.0 Å². The first-order chi connectivity index (χ1) is 6.66. The molecule has 0 fully saturated rings. The molecule has 0 amide bonds. The molecular formula is C8H8N4O2. The second-order valence-corrected chi connectivity index (χ2v) is 2.75. The van der Waals surface area contributed by atoms with Gasteiger partial charge in [-0.15, -0.1) is 0 Å². The monoisotopic (exact) mass is 192 g/mol. The summed E-state index contributed by atoms with van der Waals surface area (Å²) in [4.78, 5) is 20.8. The number of aromatic nitrogens is 3. The molecule has 0 spiro atoms. The fraction of sp³-hybridized carbons (Fsp3) is 0.125. The van der Waals surface area contributed by atoms with E-state index in [0.29, 0.717) is 17.1 Å². The Morgan fingerprint density at radius 1 is 1.50 bits per heavy atom. The van der Waals surface area contributed by atoms with Crippen LogP contribution in [-0.4, -0.2) is 15.0 Å². The van der Waals surface area contributed by atoms with Crippen LogP contribution in [0.15, 0.2) is 21.5 Å². The van der Waals surface area contributed by atoms with Crippen LogP contribution in [0, 0.1) is 6.92 Å². The number of furan rings is 1. The van der Waals surface area contributed by atoms with Crippen molar-refractivity contribution in [1.29, 1.82) is 0 Å². The largest absolute Gasteiger partial charge is 0.469 e. The molecule has 2 aromatic heterocycles. The summed E-state index contributed by atoms with van der Waals surface area (Å²) in [5.41, 5.74) is 5.53. The van der Waals surface area contributed by atoms with Gasteiger partial charge in [-0.1, -0.05) is 0 Å². The number of nitrogens with zero attached hydrogens (tertiary/aromatic N) is 2. The fourth-order valence-corrected chi connectivity index (χ4v) is 1.16. The number of hydrogen-bond donors (Lipinski definition) is 2. The van der Waals surface area contributed by atoms with E-state index in [1.54, 1.807) is 13.0 Å². The van der Waals surface area contributed by atoms with Gasteiger partial charge in [-0.3, -0.25) is 4.98 Å². The van der Waals surface area contributed by atoms with Gasteiger partial charge in [-0.05, 0) is 13.0 Å². The third-order valence-corrected chi connectivity index (χ3v) is 1.78. The molecule has 0 aliphatic carbocycles. The van der Waals surface area contributed by atoms with Gasteiger partial charge in [0, 0.05) is 0 Å². The lowest BCUT2D eigenvalue weighted by molar-refractivity contribution is 0.535. The molecule has 2 rings (SSSR count). The van der Waals surface area contributed by atoms with Gasteiger partial charge in [-0.2, -0.15) is 9.97 Å². The molecule has 6 nitrogen and oxygen atoms in total. The molecule has 0 unspecified atom stereocenters.